The summed E-state index contributed by atoms with van der Waals surface area (Å²) in [4.78, 5) is 16.0. The highest BCUT2D eigenvalue weighted by Crippen LogP contribution is 2.17. The second-order valence-electron chi connectivity index (χ2n) is 5.26. The maximum Gasteiger partial charge on any atom is 0.407 e. The zero-order chi connectivity index (χ0) is 15.9. The molecule has 23 heavy (non-hydrogen) atoms. The van der Waals surface area contributed by atoms with Crippen molar-refractivity contribution < 1.29 is 9.53 Å². The number of pyridine rings is 1. The fourth-order valence-electron chi connectivity index (χ4n) is 2.45. The Balaban J connectivity index is 1.50. The molecule has 1 aromatic heterocycles. The number of fused-ring (bicyclic) bond motifs is 1. The SMILES string of the molecule is O=C(NCCc1cncc2ccccc12)OCc1ccccc1. The molecule has 1 heterocycles. The van der Waals surface area contributed by atoms with Crippen LogP contribution in [0.3, 0.4) is 0 Å². The summed E-state index contributed by atoms with van der Waals surface area (Å²) in [6.07, 6.45) is 4.01. The van der Waals surface area contributed by atoms with Gasteiger partial charge in [0.05, 0.1) is 0 Å². The summed E-state index contributed by atoms with van der Waals surface area (Å²) in [7, 11) is 0. The van der Waals surface area contributed by atoms with Crippen LogP contribution in [-0.2, 0) is 17.8 Å². The molecule has 1 N–H and O–H groups in total. The van der Waals surface area contributed by atoms with Crippen LogP contribution in [0, 0.1) is 0 Å². The van der Waals surface area contributed by atoms with Gasteiger partial charge >= 0.3 is 6.09 Å². The van der Waals surface area contributed by atoms with Crippen LogP contribution < -0.4 is 5.32 Å². The molecule has 0 aliphatic heterocycles. The number of nitrogens with zero attached hydrogens (tertiary/aromatic N) is 1. The normalized spacial score (nSPS) is 10.4. The van der Waals surface area contributed by atoms with Crippen molar-refractivity contribution in [1.29, 1.82) is 0 Å². The summed E-state index contributed by atoms with van der Waals surface area (Å²) < 4.78 is 5.19. The minimum atomic E-state index is -0.401. The highest BCUT2D eigenvalue weighted by molar-refractivity contribution is 5.84. The molecule has 0 aliphatic rings. The minimum Gasteiger partial charge on any atom is -0.445 e. The fourth-order valence-corrected chi connectivity index (χ4v) is 2.45. The van der Waals surface area contributed by atoms with E-state index in [9.17, 15) is 4.79 Å². The van der Waals surface area contributed by atoms with Crippen molar-refractivity contribution in [2.45, 2.75) is 13.0 Å². The lowest BCUT2D eigenvalue weighted by Crippen LogP contribution is -2.26. The number of amides is 1. The van der Waals surface area contributed by atoms with Crippen molar-refractivity contribution in [2.24, 2.45) is 0 Å². The summed E-state index contributed by atoms with van der Waals surface area (Å²) in [5, 5.41) is 5.05. The Bertz CT molecular complexity index is 782. The molecule has 1 amide bonds. The fraction of sp³-hybridized carbons (Fsp3) is 0.158. The van der Waals surface area contributed by atoms with Gasteiger partial charge in [0.2, 0.25) is 0 Å². The van der Waals surface area contributed by atoms with Gasteiger partial charge in [-0.2, -0.15) is 0 Å². The molecule has 0 saturated heterocycles. The van der Waals surface area contributed by atoms with Gasteiger partial charge in [0.1, 0.15) is 6.61 Å². The van der Waals surface area contributed by atoms with E-state index in [1.54, 1.807) is 0 Å². The summed E-state index contributed by atoms with van der Waals surface area (Å²) in [6.45, 7) is 0.797. The molecule has 116 valence electrons. The molecule has 0 unspecified atom stereocenters. The predicted octanol–water partition coefficient (Wildman–Crippen LogP) is 3.70. The number of nitrogens with one attached hydrogen (secondary N) is 1. The summed E-state index contributed by atoms with van der Waals surface area (Å²) >= 11 is 0. The largest absolute Gasteiger partial charge is 0.445 e. The second kappa shape index (κ2) is 7.40. The first kappa shape index (κ1) is 15.0. The number of hydrogen-bond donors (Lipinski definition) is 1. The van der Waals surface area contributed by atoms with Crippen molar-refractivity contribution in [3.63, 3.8) is 0 Å². The first-order chi connectivity index (χ1) is 11.3. The molecule has 0 radical (unpaired) electrons. The van der Waals surface area contributed by atoms with Gasteiger partial charge in [0, 0.05) is 24.3 Å². The highest BCUT2D eigenvalue weighted by atomic mass is 16.5. The van der Waals surface area contributed by atoms with E-state index in [-0.39, 0.29) is 6.61 Å². The first-order valence-electron chi connectivity index (χ1n) is 7.59. The van der Waals surface area contributed by atoms with Gasteiger partial charge in [0.15, 0.2) is 0 Å². The average Bonchev–Trinajstić information content (AvgIpc) is 2.61. The van der Waals surface area contributed by atoms with E-state index in [1.165, 1.54) is 5.39 Å². The number of benzene rings is 2. The Morgan fingerprint density at radius 3 is 2.65 bits per heavy atom. The number of aromatic nitrogens is 1. The number of rotatable bonds is 5. The topological polar surface area (TPSA) is 51.2 Å². The van der Waals surface area contributed by atoms with Crippen LogP contribution in [-0.4, -0.2) is 17.6 Å². The van der Waals surface area contributed by atoms with E-state index in [0.29, 0.717) is 6.54 Å². The zero-order valence-electron chi connectivity index (χ0n) is 12.7. The lowest BCUT2D eigenvalue weighted by atomic mass is 10.1. The van der Waals surface area contributed by atoms with Gasteiger partial charge in [-0.25, -0.2) is 4.79 Å². The maximum absolute atomic E-state index is 11.7. The van der Waals surface area contributed by atoms with Crippen molar-refractivity contribution in [2.75, 3.05) is 6.54 Å². The maximum atomic E-state index is 11.7. The third kappa shape index (κ3) is 4.07. The van der Waals surface area contributed by atoms with Crippen LogP contribution in [0.5, 0.6) is 0 Å². The molecule has 0 spiro atoms. The number of carbonyl (C=O) groups excluding carboxylic acids is 1. The van der Waals surface area contributed by atoms with Gasteiger partial charge < -0.3 is 10.1 Å². The molecule has 3 rings (SSSR count). The summed E-state index contributed by atoms with van der Waals surface area (Å²) in [6, 6.07) is 17.7. The minimum absolute atomic E-state index is 0.280. The average molecular weight is 306 g/mol. The Labute approximate surface area is 135 Å². The van der Waals surface area contributed by atoms with Crippen molar-refractivity contribution in [3.05, 3.63) is 78.1 Å². The third-order valence-corrected chi connectivity index (χ3v) is 3.63. The quantitative estimate of drug-likeness (QED) is 0.782. The smallest absolute Gasteiger partial charge is 0.407 e. The van der Waals surface area contributed by atoms with Gasteiger partial charge in [-0.15, -0.1) is 0 Å². The predicted molar refractivity (Wildman–Crippen MR) is 90.1 cm³/mol. The third-order valence-electron chi connectivity index (χ3n) is 3.63. The van der Waals surface area contributed by atoms with Gasteiger partial charge in [-0.05, 0) is 22.9 Å². The molecule has 4 nitrogen and oxygen atoms in total. The van der Waals surface area contributed by atoms with Crippen LogP contribution in [0.15, 0.2) is 67.0 Å². The van der Waals surface area contributed by atoms with Crippen LogP contribution >= 0.6 is 0 Å². The van der Waals surface area contributed by atoms with Crippen molar-refractivity contribution in [1.82, 2.24) is 10.3 Å². The second-order valence-corrected chi connectivity index (χ2v) is 5.26. The summed E-state index contributed by atoms with van der Waals surface area (Å²) in [5.74, 6) is 0. The molecule has 0 bridgehead atoms. The molecule has 2 aromatic carbocycles. The van der Waals surface area contributed by atoms with E-state index in [1.807, 2.05) is 60.9 Å². The van der Waals surface area contributed by atoms with Crippen LogP contribution in [0.2, 0.25) is 0 Å². The van der Waals surface area contributed by atoms with E-state index in [0.717, 1.165) is 22.9 Å². The zero-order valence-corrected chi connectivity index (χ0v) is 12.7. The van der Waals surface area contributed by atoms with E-state index in [2.05, 4.69) is 16.4 Å². The Morgan fingerprint density at radius 2 is 1.78 bits per heavy atom. The molecular weight excluding hydrogens is 288 g/mol. The number of carbonyl (C=O) groups is 1. The lowest BCUT2D eigenvalue weighted by molar-refractivity contribution is 0.140. The molecule has 0 fully saturated rings. The molecular formula is C19H18N2O2. The van der Waals surface area contributed by atoms with Gasteiger partial charge in [-0.1, -0.05) is 54.6 Å². The van der Waals surface area contributed by atoms with Crippen molar-refractivity contribution in [3.8, 4) is 0 Å². The first-order valence-corrected chi connectivity index (χ1v) is 7.59. The molecule has 0 aliphatic carbocycles. The van der Waals surface area contributed by atoms with Crippen molar-refractivity contribution >= 4 is 16.9 Å². The molecule has 4 heteroatoms. The summed E-state index contributed by atoms with van der Waals surface area (Å²) in [5.41, 5.74) is 2.09. The highest BCUT2D eigenvalue weighted by Gasteiger charge is 2.04. The number of hydrogen-bond acceptors (Lipinski definition) is 3. The van der Waals surface area contributed by atoms with Crippen LogP contribution in [0.4, 0.5) is 4.79 Å². The molecule has 0 saturated carbocycles. The Hall–Kier alpha value is -2.88. The standard InChI is InChI=1S/C19H18N2O2/c22-19(23-14-15-6-2-1-3-7-15)21-11-10-17-13-20-12-16-8-4-5-9-18(16)17/h1-9,12-13H,10-11,14H2,(H,21,22). The van der Waals surface area contributed by atoms with Crippen LogP contribution in [0.25, 0.3) is 10.8 Å². The van der Waals surface area contributed by atoms with Gasteiger partial charge in [0.25, 0.3) is 0 Å². The molecule has 3 aromatic rings. The number of ether oxygens (including phenoxy) is 1. The van der Waals surface area contributed by atoms with E-state index >= 15 is 0 Å². The lowest BCUT2D eigenvalue weighted by Gasteiger charge is -2.08. The van der Waals surface area contributed by atoms with E-state index in [4.69, 9.17) is 4.74 Å². The number of alkyl carbamates (subject to hydrolysis) is 1. The monoisotopic (exact) mass is 306 g/mol. The van der Waals surface area contributed by atoms with Crippen LogP contribution in [0.1, 0.15) is 11.1 Å². The Morgan fingerprint density at radius 1 is 1.00 bits per heavy atom. The molecule has 0 atom stereocenters. The Kier molecular flexibility index (Phi) is 4.84. The van der Waals surface area contributed by atoms with Gasteiger partial charge in [-0.3, -0.25) is 4.98 Å². The van der Waals surface area contributed by atoms with E-state index < -0.39 is 6.09 Å².